The van der Waals surface area contributed by atoms with E-state index in [2.05, 4.69) is 4.74 Å². The van der Waals surface area contributed by atoms with Gasteiger partial charge in [-0.15, -0.1) is 0 Å². The van der Waals surface area contributed by atoms with Crippen LogP contribution in [-0.4, -0.2) is 31.3 Å². The van der Waals surface area contributed by atoms with Crippen molar-refractivity contribution in [3.63, 3.8) is 0 Å². The van der Waals surface area contributed by atoms with Crippen molar-refractivity contribution in [1.82, 2.24) is 0 Å². The van der Waals surface area contributed by atoms with Crippen molar-refractivity contribution in [2.45, 2.75) is 6.42 Å². The van der Waals surface area contributed by atoms with Gasteiger partial charge in [0, 0.05) is 6.54 Å². The summed E-state index contributed by atoms with van der Waals surface area (Å²) < 4.78 is 31.5. The van der Waals surface area contributed by atoms with E-state index in [4.69, 9.17) is 0 Å². The molecule has 2 rings (SSSR count). The highest BCUT2D eigenvalue weighted by atomic mass is 19.1. The lowest BCUT2D eigenvalue weighted by atomic mass is 10.1. The molecule has 1 aromatic rings. The number of esters is 1. The topological polar surface area (TPSA) is 63.7 Å². The molecule has 0 radical (unpaired) electrons. The highest BCUT2D eigenvalue weighted by Crippen LogP contribution is 2.33. The standard InChI is InChI=1S/C12H9F2NO4/c1-19-8(16)4-5-15-10-7(14)3-2-6(13)9(10)11(17)12(15)18/h2-3H,4-5H2,1H3. The number of amides is 1. The second-order valence-corrected chi connectivity index (χ2v) is 3.86. The summed E-state index contributed by atoms with van der Waals surface area (Å²) in [4.78, 5) is 35.0. The zero-order valence-corrected chi connectivity index (χ0v) is 9.91. The van der Waals surface area contributed by atoms with Gasteiger partial charge in [-0.1, -0.05) is 0 Å². The molecule has 0 bridgehead atoms. The van der Waals surface area contributed by atoms with E-state index in [1.54, 1.807) is 0 Å². The molecule has 1 heterocycles. The summed E-state index contributed by atoms with van der Waals surface area (Å²) in [6.45, 7) is -0.245. The average molecular weight is 269 g/mol. The molecule has 0 aliphatic carbocycles. The smallest absolute Gasteiger partial charge is 0.307 e. The van der Waals surface area contributed by atoms with Crippen LogP contribution in [0.25, 0.3) is 0 Å². The van der Waals surface area contributed by atoms with Crippen molar-refractivity contribution < 1.29 is 27.9 Å². The van der Waals surface area contributed by atoms with Crippen molar-refractivity contribution in [2.75, 3.05) is 18.6 Å². The first-order valence-electron chi connectivity index (χ1n) is 5.38. The Morgan fingerprint density at radius 1 is 1.26 bits per heavy atom. The maximum atomic E-state index is 13.6. The molecule has 7 heteroatoms. The summed E-state index contributed by atoms with van der Waals surface area (Å²) in [5.41, 5.74) is -1.01. The molecule has 0 atom stereocenters. The largest absolute Gasteiger partial charge is 0.469 e. The van der Waals surface area contributed by atoms with Crippen molar-refractivity contribution in [1.29, 1.82) is 0 Å². The van der Waals surface area contributed by atoms with Crippen LogP contribution in [0.15, 0.2) is 12.1 Å². The van der Waals surface area contributed by atoms with E-state index in [0.717, 1.165) is 24.1 Å². The van der Waals surface area contributed by atoms with Gasteiger partial charge in [0.05, 0.1) is 24.8 Å². The Bertz CT molecular complexity index is 585. The van der Waals surface area contributed by atoms with Crippen LogP contribution >= 0.6 is 0 Å². The second kappa shape index (κ2) is 4.75. The third-order valence-corrected chi connectivity index (χ3v) is 2.78. The summed E-state index contributed by atoms with van der Waals surface area (Å²) in [6.07, 6.45) is -0.217. The van der Waals surface area contributed by atoms with Gasteiger partial charge in [0.25, 0.3) is 11.7 Å². The van der Waals surface area contributed by atoms with Crippen LogP contribution in [0.4, 0.5) is 14.5 Å². The van der Waals surface area contributed by atoms with Crippen molar-refractivity contribution in [2.24, 2.45) is 0 Å². The first kappa shape index (κ1) is 13.1. The van der Waals surface area contributed by atoms with Gasteiger partial charge in [-0.3, -0.25) is 14.4 Å². The number of ether oxygens (including phenoxy) is 1. The molecule has 0 saturated heterocycles. The van der Waals surface area contributed by atoms with Crippen molar-refractivity contribution in [3.05, 3.63) is 29.3 Å². The Kier molecular flexibility index (Phi) is 3.28. The van der Waals surface area contributed by atoms with Crippen LogP contribution in [0.5, 0.6) is 0 Å². The third-order valence-electron chi connectivity index (χ3n) is 2.78. The summed E-state index contributed by atoms with van der Waals surface area (Å²) in [7, 11) is 1.16. The fraction of sp³-hybridized carbons (Fsp3) is 0.250. The molecule has 0 aromatic heterocycles. The molecule has 1 aliphatic heterocycles. The number of rotatable bonds is 3. The Morgan fingerprint density at radius 2 is 1.89 bits per heavy atom. The molecular weight excluding hydrogens is 260 g/mol. The monoisotopic (exact) mass is 269 g/mol. The Morgan fingerprint density at radius 3 is 2.53 bits per heavy atom. The fourth-order valence-electron chi connectivity index (χ4n) is 1.87. The number of fused-ring (bicyclic) bond motifs is 1. The maximum absolute atomic E-state index is 13.6. The molecule has 1 amide bonds. The molecule has 0 spiro atoms. The lowest BCUT2D eigenvalue weighted by Crippen LogP contribution is -2.32. The Labute approximate surface area is 106 Å². The number of hydrogen-bond donors (Lipinski definition) is 0. The van der Waals surface area contributed by atoms with Crippen molar-refractivity contribution in [3.8, 4) is 0 Å². The summed E-state index contributed by atoms with van der Waals surface area (Å²) in [6, 6.07) is 1.61. The van der Waals surface area contributed by atoms with E-state index in [-0.39, 0.29) is 13.0 Å². The minimum absolute atomic E-state index is 0.217. The van der Waals surface area contributed by atoms with Gasteiger partial charge in [0.1, 0.15) is 11.6 Å². The van der Waals surface area contributed by atoms with E-state index in [0.29, 0.717) is 0 Å². The lowest BCUT2D eigenvalue weighted by molar-refractivity contribution is -0.140. The number of hydrogen-bond acceptors (Lipinski definition) is 4. The Balaban J connectivity index is 2.39. The molecule has 100 valence electrons. The number of methoxy groups -OCH3 is 1. The minimum Gasteiger partial charge on any atom is -0.469 e. The zero-order valence-electron chi connectivity index (χ0n) is 9.91. The number of anilines is 1. The molecular formula is C12H9F2NO4. The van der Waals surface area contributed by atoms with Crippen molar-refractivity contribution >= 4 is 23.3 Å². The molecule has 1 aromatic carbocycles. The van der Waals surface area contributed by atoms with Crippen LogP contribution in [-0.2, 0) is 14.3 Å². The summed E-state index contributed by atoms with van der Waals surface area (Å²) >= 11 is 0. The lowest BCUT2D eigenvalue weighted by Gasteiger charge is -2.16. The number of carbonyl (C=O) groups is 3. The first-order valence-corrected chi connectivity index (χ1v) is 5.38. The van der Waals surface area contributed by atoms with Crippen LogP contribution in [0.2, 0.25) is 0 Å². The SMILES string of the molecule is COC(=O)CCN1C(=O)C(=O)c2c(F)ccc(F)c21. The number of carbonyl (C=O) groups excluding carboxylic acids is 3. The fourth-order valence-corrected chi connectivity index (χ4v) is 1.87. The van der Waals surface area contributed by atoms with Gasteiger partial charge in [0.2, 0.25) is 0 Å². The predicted octanol–water partition coefficient (Wildman–Crippen LogP) is 1.06. The highest BCUT2D eigenvalue weighted by Gasteiger charge is 2.40. The Hall–Kier alpha value is -2.31. The van der Waals surface area contributed by atoms with Crippen LogP contribution in [0.3, 0.4) is 0 Å². The average Bonchev–Trinajstić information content (AvgIpc) is 2.65. The van der Waals surface area contributed by atoms with Crippen LogP contribution in [0, 0.1) is 11.6 Å². The number of nitrogens with zero attached hydrogens (tertiary/aromatic N) is 1. The van der Waals surface area contributed by atoms with Gasteiger partial charge < -0.3 is 9.64 Å². The highest BCUT2D eigenvalue weighted by molar-refractivity contribution is 6.52. The third kappa shape index (κ3) is 2.07. The number of halogens is 2. The molecule has 0 N–H and O–H groups in total. The molecule has 19 heavy (non-hydrogen) atoms. The summed E-state index contributed by atoms with van der Waals surface area (Å²) in [5.74, 6) is -4.64. The molecule has 1 aliphatic rings. The van der Waals surface area contributed by atoms with Crippen LogP contribution in [0.1, 0.15) is 16.8 Å². The summed E-state index contributed by atoms with van der Waals surface area (Å²) in [5, 5.41) is 0. The number of ketones is 1. The maximum Gasteiger partial charge on any atom is 0.307 e. The van der Waals surface area contributed by atoms with E-state index < -0.39 is 40.5 Å². The first-order chi connectivity index (χ1) is 8.97. The normalized spacial score (nSPS) is 13.7. The van der Waals surface area contributed by atoms with Gasteiger partial charge in [0.15, 0.2) is 0 Å². The molecule has 0 unspecified atom stereocenters. The molecule has 0 fully saturated rings. The van der Waals surface area contributed by atoms with Gasteiger partial charge >= 0.3 is 5.97 Å². The zero-order chi connectivity index (χ0) is 14.2. The van der Waals surface area contributed by atoms with Gasteiger partial charge in [-0.2, -0.15) is 0 Å². The van der Waals surface area contributed by atoms with E-state index in [9.17, 15) is 23.2 Å². The quantitative estimate of drug-likeness (QED) is 0.608. The van der Waals surface area contributed by atoms with Gasteiger partial charge in [-0.05, 0) is 12.1 Å². The number of Topliss-reactive ketones (excluding diaryl/α,β-unsaturated/α-hetero) is 1. The van der Waals surface area contributed by atoms with Crippen LogP contribution < -0.4 is 4.90 Å². The van der Waals surface area contributed by atoms with Gasteiger partial charge in [-0.25, -0.2) is 8.78 Å². The van der Waals surface area contributed by atoms with E-state index in [1.807, 2.05) is 0 Å². The minimum atomic E-state index is -1.11. The van der Waals surface area contributed by atoms with E-state index >= 15 is 0 Å². The predicted molar refractivity (Wildman–Crippen MR) is 59.7 cm³/mol. The molecule has 0 saturated carbocycles. The van der Waals surface area contributed by atoms with E-state index in [1.165, 1.54) is 0 Å². The number of benzene rings is 1. The molecule has 5 nitrogen and oxygen atoms in total. The second-order valence-electron chi connectivity index (χ2n) is 3.86.